The van der Waals surface area contributed by atoms with E-state index in [-0.39, 0.29) is 0 Å². The van der Waals surface area contributed by atoms with Gasteiger partial charge in [-0.1, -0.05) is 0 Å². The third-order valence-corrected chi connectivity index (χ3v) is 3.25. The van der Waals surface area contributed by atoms with Gasteiger partial charge >= 0.3 is 17.7 Å². The molecule has 2 N–H and O–H groups in total. The van der Waals surface area contributed by atoms with Crippen molar-refractivity contribution in [2.45, 2.75) is 24.6 Å². The SMILES string of the molecule is O=C1NC(=O)C2(OC(=O)[C@@H]3CCCN32)C(=O)N1. The summed E-state index contributed by atoms with van der Waals surface area (Å²) in [5, 5.41) is 3.89. The Bertz CT molecular complexity index is 440. The molecule has 3 rings (SSSR count). The van der Waals surface area contributed by atoms with Gasteiger partial charge in [-0.3, -0.25) is 25.0 Å². The fourth-order valence-electron chi connectivity index (χ4n) is 2.52. The highest BCUT2D eigenvalue weighted by atomic mass is 16.6. The number of amides is 4. The Hall–Kier alpha value is -1.96. The largest absolute Gasteiger partial charge is 0.423 e. The van der Waals surface area contributed by atoms with Crippen LogP contribution in [0, 0.1) is 0 Å². The molecule has 8 heteroatoms. The molecule has 90 valence electrons. The Labute approximate surface area is 95.3 Å². The molecule has 3 heterocycles. The first-order chi connectivity index (χ1) is 8.05. The molecule has 4 amide bonds. The molecule has 0 aromatic carbocycles. The quantitative estimate of drug-likeness (QED) is 0.377. The summed E-state index contributed by atoms with van der Waals surface area (Å²) in [5.74, 6) is -2.39. The Morgan fingerprint density at radius 1 is 1.18 bits per heavy atom. The second-order valence-corrected chi connectivity index (χ2v) is 4.15. The summed E-state index contributed by atoms with van der Waals surface area (Å²) in [6, 6.07) is -1.47. The van der Waals surface area contributed by atoms with Crippen LogP contribution in [0.25, 0.3) is 0 Å². The van der Waals surface area contributed by atoms with Crippen LogP contribution in [0.2, 0.25) is 0 Å². The van der Waals surface area contributed by atoms with E-state index in [2.05, 4.69) is 0 Å². The number of urea groups is 1. The summed E-state index contributed by atoms with van der Waals surface area (Å²) < 4.78 is 4.94. The van der Waals surface area contributed by atoms with Crippen molar-refractivity contribution >= 4 is 23.8 Å². The minimum atomic E-state index is -1.99. The summed E-state index contributed by atoms with van der Waals surface area (Å²) in [5.41, 5.74) is -1.99. The third-order valence-electron chi connectivity index (χ3n) is 3.25. The van der Waals surface area contributed by atoms with Gasteiger partial charge in [0, 0.05) is 6.54 Å². The lowest BCUT2D eigenvalue weighted by molar-refractivity contribution is -0.177. The number of esters is 1. The Morgan fingerprint density at radius 3 is 2.47 bits per heavy atom. The predicted molar refractivity (Wildman–Crippen MR) is 50.2 cm³/mol. The van der Waals surface area contributed by atoms with Gasteiger partial charge in [-0.15, -0.1) is 0 Å². The molecular weight excluding hydrogens is 230 g/mol. The number of nitrogens with zero attached hydrogens (tertiary/aromatic N) is 1. The molecule has 3 saturated heterocycles. The van der Waals surface area contributed by atoms with Gasteiger partial charge in [-0.2, -0.15) is 0 Å². The summed E-state index contributed by atoms with van der Waals surface area (Å²) >= 11 is 0. The monoisotopic (exact) mass is 239 g/mol. The first-order valence-corrected chi connectivity index (χ1v) is 5.22. The Morgan fingerprint density at radius 2 is 1.82 bits per heavy atom. The molecule has 3 fully saturated rings. The molecule has 0 radical (unpaired) electrons. The van der Waals surface area contributed by atoms with Gasteiger partial charge < -0.3 is 4.74 Å². The second-order valence-electron chi connectivity index (χ2n) is 4.15. The molecular formula is C9H9N3O5. The molecule has 1 spiro atoms. The highest BCUT2D eigenvalue weighted by Gasteiger charge is 2.66. The number of carbonyl (C=O) groups excluding carboxylic acids is 4. The molecule has 0 aromatic rings. The molecule has 0 bridgehead atoms. The van der Waals surface area contributed by atoms with Crippen molar-refractivity contribution < 1.29 is 23.9 Å². The molecule has 0 aliphatic carbocycles. The van der Waals surface area contributed by atoms with Crippen molar-refractivity contribution in [2.24, 2.45) is 0 Å². The maximum atomic E-state index is 11.8. The molecule has 0 unspecified atom stereocenters. The maximum Gasteiger partial charge on any atom is 0.328 e. The molecule has 0 aromatic heterocycles. The van der Waals surface area contributed by atoms with E-state index in [0.717, 1.165) is 0 Å². The highest BCUT2D eigenvalue weighted by molar-refractivity contribution is 6.23. The zero-order valence-electron chi connectivity index (χ0n) is 8.69. The number of fused-ring (bicyclic) bond motifs is 2. The van der Waals surface area contributed by atoms with Gasteiger partial charge in [-0.05, 0) is 12.8 Å². The van der Waals surface area contributed by atoms with Gasteiger partial charge in [0.05, 0.1) is 0 Å². The van der Waals surface area contributed by atoms with E-state index >= 15 is 0 Å². The summed E-state index contributed by atoms with van der Waals surface area (Å²) in [6.45, 7) is 0.408. The smallest absolute Gasteiger partial charge is 0.328 e. The van der Waals surface area contributed by atoms with Gasteiger partial charge in [0.2, 0.25) is 0 Å². The molecule has 3 aliphatic rings. The zero-order chi connectivity index (χ0) is 12.2. The van der Waals surface area contributed by atoms with Crippen LogP contribution in [0.5, 0.6) is 0 Å². The van der Waals surface area contributed by atoms with E-state index in [1.165, 1.54) is 4.90 Å². The van der Waals surface area contributed by atoms with Crippen LogP contribution < -0.4 is 10.6 Å². The standard InChI is InChI=1S/C9H9N3O5/c13-5-4-2-1-3-12(4)9(17-5)6(14)10-8(16)11-7(9)15/h4H,1-3H2,(H2,10,11,14,15,16)/t4-/m0/s1. The van der Waals surface area contributed by atoms with Crippen LogP contribution in [0.15, 0.2) is 0 Å². The van der Waals surface area contributed by atoms with Gasteiger partial charge in [0.25, 0.3) is 11.8 Å². The number of nitrogens with one attached hydrogen (secondary N) is 2. The molecule has 0 saturated carbocycles. The lowest BCUT2D eigenvalue weighted by atomic mass is 10.1. The van der Waals surface area contributed by atoms with E-state index in [0.29, 0.717) is 19.4 Å². The highest BCUT2D eigenvalue weighted by Crippen LogP contribution is 2.36. The second kappa shape index (κ2) is 3.04. The van der Waals surface area contributed by atoms with Crippen LogP contribution in [0.3, 0.4) is 0 Å². The van der Waals surface area contributed by atoms with Crippen molar-refractivity contribution in [3.05, 3.63) is 0 Å². The Balaban J connectivity index is 2.05. The maximum absolute atomic E-state index is 11.8. The van der Waals surface area contributed by atoms with Crippen LogP contribution in [-0.4, -0.2) is 47.0 Å². The number of imide groups is 2. The van der Waals surface area contributed by atoms with Gasteiger partial charge in [0.1, 0.15) is 6.04 Å². The lowest BCUT2D eigenvalue weighted by Gasteiger charge is -2.34. The Kier molecular flexibility index (Phi) is 1.82. The van der Waals surface area contributed by atoms with Crippen LogP contribution in [-0.2, 0) is 19.1 Å². The molecule has 3 aliphatic heterocycles. The van der Waals surface area contributed by atoms with E-state index in [1.807, 2.05) is 10.6 Å². The average Bonchev–Trinajstić information content (AvgIpc) is 2.79. The van der Waals surface area contributed by atoms with Crippen LogP contribution in [0.4, 0.5) is 4.79 Å². The van der Waals surface area contributed by atoms with Gasteiger partial charge in [-0.25, -0.2) is 9.69 Å². The first kappa shape index (κ1) is 10.2. The summed E-state index contributed by atoms with van der Waals surface area (Å²) in [7, 11) is 0. The number of hydrogen-bond donors (Lipinski definition) is 2. The minimum absolute atomic E-state index is 0.408. The molecule has 1 atom stereocenters. The number of carbonyl (C=O) groups is 4. The van der Waals surface area contributed by atoms with Crippen molar-refractivity contribution in [2.75, 3.05) is 6.54 Å². The van der Waals surface area contributed by atoms with Crippen molar-refractivity contribution in [1.29, 1.82) is 0 Å². The number of hydrogen-bond acceptors (Lipinski definition) is 6. The fourth-order valence-corrected chi connectivity index (χ4v) is 2.52. The van der Waals surface area contributed by atoms with Crippen molar-refractivity contribution in [3.8, 4) is 0 Å². The van der Waals surface area contributed by atoms with E-state index in [1.54, 1.807) is 0 Å². The van der Waals surface area contributed by atoms with Crippen molar-refractivity contribution in [3.63, 3.8) is 0 Å². The topological polar surface area (TPSA) is 105 Å². The third kappa shape index (κ3) is 1.10. The average molecular weight is 239 g/mol. The number of rotatable bonds is 0. The molecule has 17 heavy (non-hydrogen) atoms. The normalized spacial score (nSPS) is 31.2. The lowest BCUT2D eigenvalue weighted by Crippen LogP contribution is -2.72. The number of ether oxygens (including phenoxy) is 1. The van der Waals surface area contributed by atoms with Crippen LogP contribution >= 0.6 is 0 Å². The van der Waals surface area contributed by atoms with Crippen LogP contribution in [0.1, 0.15) is 12.8 Å². The first-order valence-electron chi connectivity index (χ1n) is 5.22. The van der Waals surface area contributed by atoms with Crippen molar-refractivity contribution in [1.82, 2.24) is 15.5 Å². The van der Waals surface area contributed by atoms with Gasteiger partial charge in [0.15, 0.2) is 0 Å². The fraction of sp³-hybridized carbons (Fsp3) is 0.556. The zero-order valence-corrected chi connectivity index (χ0v) is 8.69. The minimum Gasteiger partial charge on any atom is -0.423 e. The van der Waals surface area contributed by atoms with E-state index in [4.69, 9.17) is 4.74 Å². The van der Waals surface area contributed by atoms with E-state index in [9.17, 15) is 19.2 Å². The summed E-state index contributed by atoms with van der Waals surface area (Å²) in [4.78, 5) is 47.6. The predicted octanol–water partition coefficient (Wildman–Crippen LogP) is -1.93. The van der Waals surface area contributed by atoms with E-state index < -0.39 is 35.6 Å². The molecule has 8 nitrogen and oxygen atoms in total. The number of barbiturate groups is 1. The summed E-state index contributed by atoms with van der Waals surface area (Å²) in [6.07, 6.45) is 1.26.